The number of ether oxygens (including phenoxy) is 1. The summed E-state index contributed by atoms with van der Waals surface area (Å²) in [6, 6.07) is 6.23. The van der Waals surface area contributed by atoms with Crippen LogP contribution in [-0.2, 0) is 6.54 Å². The van der Waals surface area contributed by atoms with Crippen molar-refractivity contribution in [3.63, 3.8) is 0 Å². The average Bonchev–Trinajstić information content (AvgIpc) is 2.46. The van der Waals surface area contributed by atoms with E-state index in [-0.39, 0.29) is 0 Å². The number of nitrogens with zero attached hydrogens (tertiary/aromatic N) is 1. The van der Waals surface area contributed by atoms with Crippen molar-refractivity contribution in [1.82, 2.24) is 10.6 Å². The van der Waals surface area contributed by atoms with Gasteiger partial charge in [0.05, 0.1) is 7.11 Å². The molecule has 0 amide bonds. The Morgan fingerprint density at radius 1 is 1.20 bits per heavy atom. The molecule has 0 aliphatic heterocycles. The van der Waals surface area contributed by atoms with Gasteiger partial charge in [0.15, 0.2) is 5.96 Å². The largest absolute Gasteiger partial charge is 0.497 e. The molecule has 0 heterocycles. The van der Waals surface area contributed by atoms with E-state index in [0.717, 1.165) is 24.8 Å². The molecule has 0 aromatic heterocycles. The van der Waals surface area contributed by atoms with Gasteiger partial charge in [-0.1, -0.05) is 25.8 Å². The SMILES string of the molecule is CCCCCNC(=NC)NCc1cc(C)cc(OC)c1. The van der Waals surface area contributed by atoms with Gasteiger partial charge in [-0.25, -0.2) is 0 Å². The zero-order chi connectivity index (χ0) is 14.8. The van der Waals surface area contributed by atoms with E-state index in [1.807, 2.05) is 12.1 Å². The third kappa shape index (κ3) is 5.95. The zero-order valence-electron chi connectivity index (χ0n) is 13.1. The van der Waals surface area contributed by atoms with Crippen LogP contribution in [0.2, 0.25) is 0 Å². The van der Waals surface area contributed by atoms with Gasteiger partial charge >= 0.3 is 0 Å². The van der Waals surface area contributed by atoms with Gasteiger partial charge in [0.2, 0.25) is 0 Å². The standard InChI is InChI=1S/C16H27N3O/c1-5-6-7-8-18-16(17-3)19-12-14-9-13(2)10-15(11-14)20-4/h9-11H,5-8,12H2,1-4H3,(H2,17,18,19). The molecule has 0 saturated carbocycles. The van der Waals surface area contributed by atoms with E-state index in [1.54, 1.807) is 14.2 Å². The van der Waals surface area contributed by atoms with Crippen molar-refractivity contribution in [3.8, 4) is 5.75 Å². The first kappa shape index (κ1) is 16.3. The van der Waals surface area contributed by atoms with Gasteiger partial charge in [0.25, 0.3) is 0 Å². The maximum Gasteiger partial charge on any atom is 0.191 e. The highest BCUT2D eigenvalue weighted by Gasteiger charge is 2.01. The Morgan fingerprint density at radius 3 is 2.65 bits per heavy atom. The van der Waals surface area contributed by atoms with Crippen LogP contribution in [-0.4, -0.2) is 26.7 Å². The molecule has 1 aromatic rings. The highest BCUT2D eigenvalue weighted by Crippen LogP contribution is 2.16. The molecular formula is C16H27N3O. The summed E-state index contributed by atoms with van der Waals surface area (Å²) in [6.07, 6.45) is 3.66. The van der Waals surface area contributed by atoms with E-state index in [0.29, 0.717) is 0 Å². The first-order valence-corrected chi connectivity index (χ1v) is 7.28. The van der Waals surface area contributed by atoms with Gasteiger partial charge in [-0.2, -0.15) is 0 Å². The van der Waals surface area contributed by atoms with Crippen LogP contribution in [0.1, 0.15) is 37.3 Å². The molecular weight excluding hydrogens is 250 g/mol. The monoisotopic (exact) mass is 277 g/mol. The second-order valence-corrected chi connectivity index (χ2v) is 4.92. The number of unbranched alkanes of at least 4 members (excludes halogenated alkanes) is 2. The molecule has 2 N–H and O–H groups in total. The Hall–Kier alpha value is -1.71. The predicted molar refractivity (Wildman–Crippen MR) is 85.5 cm³/mol. The molecule has 1 rings (SSSR count). The van der Waals surface area contributed by atoms with E-state index in [2.05, 4.69) is 35.5 Å². The Labute approximate surface area is 122 Å². The van der Waals surface area contributed by atoms with Crippen molar-refractivity contribution in [2.45, 2.75) is 39.7 Å². The molecule has 112 valence electrons. The number of nitrogens with one attached hydrogen (secondary N) is 2. The first-order valence-electron chi connectivity index (χ1n) is 7.28. The number of benzene rings is 1. The van der Waals surface area contributed by atoms with Crippen LogP contribution >= 0.6 is 0 Å². The van der Waals surface area contributed by atoms with Crippen molar-refractivity contribution in [1.29, 1.82) is 0 Å². The Bertz CT molecular complexity index is 430. The zero-order valence-corrected chi connectivity index (χ0v) is 13.1. The lowest BCUT2D eigenvalue weighted by Crippen LogP contribution is -2.37. The summed E-state index contributed by atoms with van der Waals surface area (Å²) < 4.78 is 5.29. The van der Waals surface area contributed by atoms with Crippen LogP contribution < -0.4 is 15.4 Å². The molecule has 4 nitrogen and oxygen atoms in total. The molecule has 0 unspecified atom stereocenters. The fourth-order valence-corrected chi connectivity index (χ4v) is 2.03. The van der Waals surface area contributed by atoms with Crippen molar-refractivity contribution in [2.75, 3.05) is 20.7 Å². The lowest BCUT2D eigenvalue weighted by Gasteiger charge is -2.13. The van der Waals surface area contributed by atoms with E-state index in [1.165, 1.54) is 30.4 Å². The number of guanidine groups is 1. The van der Waals surface area contributed by atoms with E-state index in [4.69, 9.17) is 4.74 Å². The summed E-state index contributed by atoms with van der Waals surface area (Å²) in [6.45, 7) is 5.98. The fraction of sp³-hybridized carbons (Fsp3) is 0.562. The lowest BCUT2D eigenvalue weighted by molar-refractivity contribution is 0.414. The average molecular weight is 277 g/mol. The minimum absolute atomic E-state index is 0.742. The van der Waals surface area contributed by atoms with E-state index in [9.17, 15) is 0 Å². The number of hydrogen-bond acceptors (Lipinski definition) is 2. The first-order chi connectivity index (χ1) is 9.69. The Kier molecular flexibility index (Phi) is 7.55. The van der Waals surface area contributed by atoms with Crippen molar-refractivity contribution in [3.05, 3.63) is 29.3 Å². The molecule has 0 aliphatic carbocycles. The van der Waals surface area contributed by atoms with Crippen molar-refractivity contribution in [2.24, 2.45) is 4.99 Å². The molecule has 20 heavy (non-hydrogen) atoms. The smallest absolute Gasteiger partial charge is 0.191 e. The summed E-state index contributed by atoms with van der Waals surface area (Å²) in [7, 11) is 3.49. The number of aryl methyl sites for hydroxylation is 1. The van der Waals surface area contributed by atoms with Gasteiger partial charge in [-0.15, -0.1) is 0 Å². The third-order valence-electron chi connectivity index (χ3n) is 3.10. The molecule has 0 aliphatic rings. The lowest BCUT2D eigenvalue weighted by atomic mass is 10.1. The van der Waals surface area contributed by atoms with E-state index < -0.39 is 0 Å². The van der Waals surface area contributed by atoms with Crippen LogP contribution in [0.5, 0.6) is 5.75 Å². The topological polar surface area (TPSA) is 45.7 Å². The van der Waals surface area contributed by atoms with Gasteiger partial charge in [0, 0.05) is 20.1 Å². The molecule has 0 spiro atoms. The Morgan fingerprint density at radius 2 is 2.00 bits per heavy atom. The summed E-state index contributed by atoms with van der Waals surface area (Å²) in [4.78, 5) is 4.23. The number of hydrogen-bond donors (Lipinski definition) is 2. The van der Waals surface area contributed by atoms with Crippen molar-refractivity contribution < 1.29 is 4.74 Å². The fourth-order valence-electron chi connectivity index (χ4n) is 2.03. The van der Waals surface area contributed by atoms with Crippen molar-refractivity contribution >= 4 is 5.96 Å². The molecule has 1 aromatic carbocycles. The van der Waals surface area contributed by atoms with Gasteiger partial charge < -0.3 is 15.4 Å². The molecule has 0 radical (unpaired) electrons. The maximum absolute atomic E-state index is 5.29. The van der Waals surface area contributed by atoms with Crippen LogP contribution in [0.15, 0.2) is 23.2 Å². The highest BCUT2D eigenvalue weighted by atomic mass is 16.5. The van der Waals surface area contributed by atoms with Crippen LogP contribution in [0.4, 0.5) is 0 Å². The minimum atomic E-state index is 0.742. The summed E-state index contributed by atoms with van der Waals surface area (Å²) in [5, 5.41) is 6.65. The second kappa shape index (κ2) is 9.23. The highest BCUT2D eigenvalue weighted by molar-refractivity contribution is 5.79. The quantitative estimate of drug-likeness (QED) is 0.457. The number of aliphatic imine (C=N–C) groups is 1. The van der Waals surface area contributed by atoms with Gasteiger partial charge in [-0.05, 0) is 36.6 Å². The molecule has 4 heteroatoms. The van der Waals surface area contributed by atoms with Gasteiger partial charge in [-0.3, -0.25) is 4.99 Å². The van der Waals surface area contributed by atoms with Crippen LogP contribution in [0.3, 0.4) is 0 Å². The number of methoxy groups -OCH3 is 1. The minimum Gasteiger partial charge on any atom is -0.497 e. The molecule has 0 atom stereocenters. The third-order valence-corrected chi connectivity index (χ3v) is 3.10. The Balaban J connectivity index is 2.46. The van der Waals surface area contributed by atoms with Crippen LogP contribution in [0, 0.1) is 6.92 Å². The summed E-state index contributed by atoms with van der Waals surface area (Å²) >= 11 is 0. The second-order valence-electron chi connectivity index (χ2n) is 4.92. The number of rotatable bonds is 7. The van der Waals surface area contributed by atoms with Crippen LogP contribution in [0.25, 0.3) is 0 Å². The summed E-state index contributed by atoms with van der Waals surface area (Å²) in [5.74, 6) is 1.74. The predicted octanol–water partition coefficient (Wildman–Crippen LogP) is 2.86. The van der Waals surface area contributed by atoms with Gasteiger partial charge in [0.1, 0.15) is 5.75 Å². The normalized spacial score (nSPS) is 11.3. The maximum atomic E-state index is 5.29. The molecule has 0 fully saturated rings. The molecule has 0 bridgehead atoms. The van der Waals surface area contributed by atoms with E-state index >= 15 is 0 Å². The molecule has 0 saturated heterocycles. The summed E-state index contributed by atoms with van der Waals surface area (Å²) in [5.41, 5.74) is 2.39.